The highest BCUT2D eigenvalue weighted by Crippen LogP contribution is 2.31. The highest BCUT2D eigenvalue weighted by molar-refractivity contribution is 7.16. The molecule has 0 unspecified atom stereocenters. The van der Waals surface area contributed by atoms with E-state index in [1.54, 1.807) is 20.8 Å². The zero-order valence-corrected chi connectivity index (χ0v) is 14.8. The van der Waals surface area contributed by atoms with E-state index in [0.29, 0.717) is 25.6 Å². The van der Waals surface area contributed by atoms with E-state index in [4.69, 9.17) is 4.74 Å². The van der Waals surface area contributed by atoms with Gasteiger partial charge in [0.2, 0.25) is 4.96 Å². The van der Waals surface area contributed by atoms with Crippen LogP contribution in [0.3, 0.4) is 0 Å². The van der Waals surface area contributed by atoms with Crippen molar-refractivity contribution < 1.29 is 9.53 Å². The lowest BCUT2D eigenvalue weighted by molar-refractivity contribution is 0.0870. The first-order valence-corrected chi connectivity index (χ1v) is 9.17. The molecule has 1 aliphatic heterocycles. The maximum absolute atomic E-state index is 12.2. The van der Waals surface area contributed by atoms with E-state index < -0.39 is 0 Å². The van der Waals surface area contributed by atoms with Gasteiger partial charge < -0.3 is 9.64 Å². The summed E-state index contributed by atoms with van der Waals surface area (Å²) in [4.78, 5) is 14.8. The van der Waals surface area contributed by atoms with Gasteiger partial charge >= 0.3 is 6.09 Å². The number of nitrogens with zero attached hydrogens (tertiary/aromatic N) is 5. The summed E-state index contributed by atoms with van der Waals surface area (Å²) in [6.45, 7) is 3.60. The van der Waals surface area contributed by atoms with Crippen LogP contribution in [0.2, 0.25) is 0 Å². The Hall–Kier alpha value is -2.48. The molecule has 3 heterocycles. The van der Waals surface area contributed by atoms with Crippen LogP contribution < -0.4 is 0 Å². The quantitative estimate of drug-likeness (QED) is 0.720. The summed E-state index contributed by atoms with van der Waals surface area (Å²) in [7, 11) is 0. The molecule has 0 N–H and O–H groups in total. The zero-order chi connectivity index (χ0) is 17.2. The first-order chi connectivity index (χ1) is 12.2. The molecule has 4 rings (SSSR count). The summed E-state index contributed by atoms with van der Waals surface area (Å²) in [6, 6.07) is 9.74. The number of rotatable bonds is 3. The minimum absolute atomic E-state index is 0.240. The molecule has 1 fully saturated rings. The topological polar surface area (TPSA) is 72.6 Å². The van der Waals surface area contributed by atoms with E-state index in [9.17, 15) is 4.79 Å². The lowest BCUT2D eigenvalue weighted by Gasteiger charge is -2.30. The standard InChI is InChI=1S/C17H19N5O2S/c1-12-18-19-16-22(12)20-15(25-16)14-7-9-21(10-8-14)17(23)24-11-13-5-3-2-4-6-13/h2-6,14H,7-11H2,1H3. The highest BCUT2D eigenvalue weighted by atomic mass is 32.1. The summed E-state index contributed by atoms with van der Waals surface area (Å²) < 4.78 is 7.20. The van der Waals surface area contributed by atoms with E-state index in [1.165, 1.54) is 0 Å². The van der Waals surface area contributed by atoms with Crippen molar-refractivity contribution in [2.75, 3.05) is 13.1 Å². The van der Waals surface area contributed by atoms with E-state index in [1.807, 2.05) is 37.3 Å². The van der Waals surface area contributed by atoms with Crippen molar-refractivity contribution in [3.8, 4) is 0 Å². The number of amides is 1. The molecular weight excluding hydrogens is 338 g/mol. The molecule has 1 aromatic carbocycles. The SMILES string of the molecule is Cc1nnc2sc(C3CCN(C(=O)OCc4ccccc4)CC3)nn12. The van der Waals surface area contributed by atoms with E-state index in [0.717, 1.165) is 34.2 Å². The molecule has 1 saturated heterocycles. The van der Waals surface area contributed by atoms with Gasteiger partial charge in [0.1, 0.15) is 11.6 Å². The third kappa shape index (κ3) is 3.34. The second kappa shape index (κ2) is 6.79. The Balaban J connectivity index is 1.32. The summed E-state index contributed by atoms with van der Waals surface area (Å²) in [5.74, 6) is 1.17. The number of piperidine rings is 1. The molecule has 130 valence electrons. The van der Waals surface area contributed by atoms with Crippen LogP contribution in [0.25, 0.3) is 4.96 Å². The maximum atomic E-state index is 12.2. The average molecular weight is 357 g/mol. The molecule has 0 saturated carbocycles. The van der Waals surface area contributed by atoms with Crippen LogP contribution in [0.5, 0.6) is 0 Å². The Bertz CT molecular complexity index is 868. The fraction of sp³-hybridized carbons (Fsp3) is 0.412. The molecule has 1 amide bonds. The number of benzene rings is 1. The molecule has 0 atom stereocenters. The van der Waals surface area contributed by atoms with Gasteiger partial charge in [0, 0.05) is 19.0 Å². The molecule has 0 spiro atoms. The third-order valence-electron chi connectivity index (χ3n) is 4.47. The van der Waals surface area contributed by atoms with Gasteiger partial charge in [0.05, 0.1) is 0 Å². The molecule has 0 bridgehead atoms. The Morgan fingerprint density at radius 2 is 2.00 bits per heavy atom. The van der Waals surface area contributed by atoms with Gasteiger partial charge in [0.25, 0.3) is 0 Å². The molecule has 0 aliphatic carbocycles. The van der Waals surface area contributed by atoms with Gasteiger partial charge in [-0.2, -0.15) is 9.61 Å². The summed E-state index contributed by atoms with van der Waals surface area (Å²) in [5.41, 5.74) is 1.00. The number of fused-ring (bicyclic) bond motifs is 1. The monoisotopic (exact) mass is 357 g/mol. The fourth-order valence-electron chi connectivity index (χ4n) is 3.01. The van der Waals surface area contributed by atoms with Crippen molar-refractivity contribution in [1.82, 2.24) is 24.7 Å². The lowest BCUT2D eigenvalue weighted by Crippen LogP contribution is -2.38. The predicted octanol–water partition coefficient (Wildman–Crippen LogP) is 3.01. The lowest BCUT2D eigenvalue weighted by atomic mass is 9.98. The fourth-order valence-corrected chi connectivity index (χ4v) is 4.07. The number of aryl methyl sites for hydroxylation is 1. The number of ether oxygens (including phenoxy) is 1. The minimum atomic E-state index is -0.240. The van der Waals surface area contributed by atoms with E-state index in [2.05, 4.69) is 15.3 Å². The first-order valence-electron chi connectivity index (χ1n) is 8.35. The van der Waals surface area contributed by atoms with Crippen molar-refractivity contribution in [2.24, 2.45) is 0 Å². The van der Waals surface area contributed by atoms with Crippen LogP contribution in [0, 0.1) is 6.92 Å². The van der Waals surface area contributed by atoms with Crippen LogP contribution in [0.15, 0.2) is 30.3 Å². The van der Waals surface area contributed by atoms with Gasteiger partial charge in [-0.05, 0) is 25.3 Å². The summed E-state index contributed by atoms with van der Waals surface area (Å²) >= 11 is 1.59. The summed E-state index contributed by atoms with van der Waals surface area (Å²) in [6.07, 6.45) is 1.55. The van der Waals surface area contributed by atoms with Crippen LogP contribution >= 0.6 is 11.3 Å². The molecular formula is C17H19N5O2S. The Kier molecular flexibility index (Phi) is 4.35. The van der Waals surface area contributed by atoms with Crippen molar-refractivity contribution in [2.45, 2.75) is 32.3 Å². The molecule has 0 radical (unpaired) electrons. The van der Waals surface area contributed by atoms with Crippen molar-refractivity contribution in [3.63, 3.8) is 0 Å². The number of carbonyl (C=O) groups excluding carboxylic acids is 1. The third-order valence-corrected chi connectivity index (χ3v) is 5.53. The molecule has 3 aromatic rings. The van der Waals surface area contributed by atoms with Crippen LogP contribution in [-0.4, -0.2) is 43.9 Å². The molecule has 2 aromatic heterocycles. The van der Waals surface area contributed by atoms with Gasteiger partial charge in [0.15, 0.2) is 5.82 Å². The van der Waals surface area contributed by atoms with E-state index >= 15 is 0 Å². The Morgan fingerprint density at radius 3 is 2.72 bits per heavy atom. The molecule has 25 heavy (non-hydrogen) atoms. The van der Waals surface area contributed by atoms with Crippen LogP contribution in [0.1, 0.15) is 35.2 Å². The summed E-state index contributed by atoms with van der Waals surface area (Å²) in [5, 5.41) is 13.8. The average Bonchev–Trinajstić information content (AvgIpc) is 3.23. The van der Waals surface area contributed by atoms with Gasteiger partial charge in [-0.15, -0.1) is 10.2 Å². The minimum Gasteiger partial charge on any atom is -0.445 e. The first kappa shape index (κ1) is 16.0. The highest BCUT2D eigenvalue weighted by Gasteiger charge is 2.27. The van der Waals surface area contributed by atoms with Gasteiger partial charge in [-0.3, -0.25) is 0 Å². The van der Waals surface area contributed by atoms with Gasteiger partial charge in [-0.25, -0.2) is 4.79 Å². The van der Waals surface area contributed by atoms with Crippen molar-refractivity contribution in [3.05, 3.63) is 46.7 Å². The Labute approximate surface area is 149 Å². The number of hydrogen-bond acceptors (Lipinski definition) is 6. The maximum Gasteiger partial charge on any atom is 0.410 e. The second-order valence-corrected chi connectivity index (χ2v) is 7.17. The normalized spacial score (nSPS) is 15.6. The van der Waals surface area contributed by atoms with Gasteiger partial charge in [-0.1, -0.05) is 41.7 Å². The predicted molar refractivity (Wildman–Crippen MR) is 93.6 cm³/mol. The second-order valence-electron chi connectivity index (χ2n) is 6.18. The number of aromatic nitrogens is 4. The largest absolute Gasteiger partial charge is 0.445 e. The van der Waals surface area contributed by atoms with Crippen molar-refractivity contribution >= 4 is 22.4 Å². The number of hydrogen-bond donors (Lipinski definition) is 0. The van der Waals surface area contributed by atoms with Crippen LogP contribution in [-0.2, 0) is 11.3 Å². The molecule has 8 heteroatoms. The zero-order valence-electron chi connectivity index (χ0n) is 14.0. The Morgan fingerprint density at radius 1 is 1.24 bits per heavy atom. The number of carbonyl (C=O) groups is 1. The number of likely N-dealkylation sites (tertiary alicyclic amines) is 1. The van der Waals surface area contributed by atoms with Crippen LogP contribution in [0.4, 0.5) is 4.79 Å². The molecule has 1 aliphatic rings. The van der Waals surface area contributed by atoms with E-state index in [-0.39, 0.29) is 6.09 Å². The smallest absolute Gasteiger partial charge is 0.410 e. The van der Waals surface area contributed by atoms with Crippen molar-refractivity contribution in [1.29, 1.82) is 0 Å². The molecule has 7 nitrogen and oxygen atoms in total.